The molecule has 3 aromatic heterocycles. The fourth-order valence-corrected chi connectivity index (χ4v) is 5.49. The largest absolute Gasteiger partial charge is 0.493 e. The molecule has 1 fully saturated rings. The summed E-state index contributed by atoms with van der Waals surface area (Å²) in [7, 11) is 3.13. The first-order chi connectivity index (χ1) is 21.9. The summed E-state index contributed by atoms with van der Waals surface area (Å²) in [6.07, 6.45) is 9.94. The highest BCUT2D eigenvalue weighted by Gasteiger charge is 2.20. The molecule has 0 saturated carbocycles. The van der Waals surface area contributed by atoms with Crippen LogP contribution in [-0.4, -0.2) is 52.7 Å². The number of hydrogen-bond acceptors (Lipinski definition) is 9. The Morgan fingerprint density at radius 2 is 1.64 bits per heavy atom. The molecule has 0 unspecified atom stereocenters. The van der Waals surface area contributed by atoms with Gasteiger partial charge >= 0.3 is 0 Å². The second kappa shape index (κ2) is 13.3. The molecule has 0 N–H and O–H groups in total. The van der Waals surface area contributed by atoms with Crippen molar-refractivity contribution < 1.29 is 23.7 Å². The quantitative estimate of drug-likeness (QED) is 0.181. The standard InChI is InChI=1S/C35H34N4O6/c1-22-4-6-24(7-5-22)27-20-39(19-23-9-12-44-13-10-23)21-28(35(27)41)30(40)16-34-37-17-25(18-38-34)45-31-8-11-36-29-15-33(43-3)32(42-2)14-26(29)31/h4-8,11,14-15,17-18,20-21,23H,9-10,12-13,16,19H2,1-3H3. The topological polar surface area (TPSA) is 115 Å². The summed E-state index contributed by atoms with van der Waals surface area (Å²) in [5, 5.41) is 0.722. The number of ketones is 1. The van der Waals surface area contributed by atoms with E-state index in [1.54, 1.807) is 44.8 Å². The van der Waals surface area contributed by atoms with Crippen LogP contribution < -0.4 is 19.6 Å². The molecule has 1 saturated heterocycles. The number of methoxy groups -OCH3 is 2. The Hall–Kier alpha value is -5.09. The number of nitrogens with zero attached hydrogens (tertiary/aromatic N) is 4. The highest BCUT2D eigenvalue weighted by molar-refractivity contribution is 5.97. The monoisotopic (exact) mass is 606 g/mol. The maximum absolute atomic E-state index is 13.6. The van der Waals surface area contributed by atoms with Gasteiger partial charge < -0.3 is 23.5 Å². The zero-order valence-corrected chi connectivity index (χ0v) is 25.5. The molecule has 6 rings (SSSR count). The van der Waals surface area contributed by atoms with E-state index in [2.05, 4.69) is 15.0 Å². The zero-order valence-electron chi connectivity index (χ0n) is 25.5. The normalized spacial score (nSPS) is 13.5. The number of carbonyl (C=O) groups is 1. The second-order valence-corrected chi connectivity index (χ2v) is 11.1. The average molecular weight is 607 g/mol. The first kappa shape index (κ1) is 30.0. The van der Waals surface area contributed by atoms with Crippen molar-refractivity contribution in [1.82, 2.24) is 19.5 Å². The van der Waals surface area contributed by atoms with E-state index >= 15 is 0 Å². The number of aromatic nitrogens is 4. The van der Waals surface area contributed by atoms with Crippen molar-refractivity contribution in [2.45, 2.75) is 32.7 Å². The Bertz CT molecular complexity index is 1880. The maximum Gasteiger partial charge on any atom is 0.200 e. The molecule has 0 radical (unpaired) electrons. The lowest BCUT2D eigenvalue weighted by Gasteiger charge is -2.23. The third-order valence-electron chi connectivity index (χ3n) is 7.99. The van der Waals surface area contributed by atoms with Gasteiger partial charge in [-0.15, -0.1) is 0 Å². The fourth-order valence-electron chi connectivity index (χ4n) is 5.49. The van der Waals surface area contributed by atoms with E-state index in [1.165, 1.54) is 12.4 Å². The Morgan fingerprint density at radius 3 is 2.36 bits per heavy atom. The lowest BCUT2D eigenvalue weighted by molar-refractivity contribution is 0.0612. The van der Waals surface area contributed by atoms with Crippen LogP contribution in [0.3, 0.4) is 0 Å². The van der Waals surface area contributed by atoms with Gasteiger partial charge in [-0.2, -0.15) is 0 Å². The van der Waals surface area contributed by atoms with Gasteiger partial charge in [-0.25, -0.2) is 9.97 Å². The van der Waals surface area contributed by atoms with Crippen LogP contribution in [0.1, 0.15) is 34.6 Å². The summed E-state index contributed by atoms with van der Waals surface area (Å²) in [6, 6.07) is 13.1. The molecule has 0 aliphatic carbocycles. The lowest BCUT2D eigenvalue weighted by atomic mass is 9.98. The number of hydrogen-bond donors (Lipinski definition) is 0. The van der Waals surface area contributed by atoms with Crippen LogP contribution in [0.15, 0.2) is 78.2 Å². The molecule has 45 heavy (non-hydrogen) atoms. The van der Waals surface area contributed by atoms with Gasteiger partial charge in [-0.05, 0) is 43.4 Å². The number of ether oxygens (including phenoxy) is 4. The van der Waals surface area contributed by atoms with Crippen LogP contribution in [0, 0.1) is 12.8 Å². The molecular weight excluding hydrogens is 572 g/mol. The molecule has 230 valence electrons. The summed E-state index contributed by atoms with van der Waals surface area (Å²) in [5.41, 5.74) is 2.86. The van der Waals surface area contributed by atoms with Gasteiger partial charge in [0, 0.05) is 55.4 Å². The number of fused-ring (bicyclic) bond motifs is 1. The van der Waals surface area contributed by atoms with Gasteiger partial charge in [-0.1, -0.05) is 29.8 Å². The average Bonchev–Trinajstić information content (AvgIpc) is 3.06. The molecule has 0 atom stereocenters. The highest BCUT2D eigenvalue weighted by Crippen LogP contribution is 2.36. The van der Waals surface area contributed by atoms with Crippen molar-refractivity contribution in [3.05, 3.63) is 101 Å². The second-order valence-electron chi connectivity index (χ2n) is 11.1. The first-order valence-corrected chi connectivity index (χ1v) is 14.8. The van der Waals surface area contributed by atoms with Crippen molar-refractivity contribution >= 4 is 16.7 Å². The molecule has 10 nitrogen and oxygen atoms in total. The van der Waals surface area contributed by atoms with Gasteiger partial charge in [0.1, 0.15) is 11.6 Å². The fraction of sp³-hybridized carbons (Fsp3) is 0.286. The van der Waals surface area contributed by atoms with Crippen LogP contribution in [0.2, 0.25) is 0 Å². The summed E-state index contributed by atoms with van der Waals surface area (Å²) in [5.74, 6) is 2.38. The van der Waals surface area contributed by atoms with Crippen LogP contribution in [0.25, 0.3) is 22.0 Å². The third-order valence-corrected chi connectivity index (χ3v) is 7.99. The van der Waals surface area contributed by atoms with E-state index in [-0.39, 0.29) is 29.0 Å². The van der Waals surface area contributed by atoms with E-state index in [9.17, 15) is 9.59 Å². The van der Waals surface area contributed by atoms with Gasteiger partial charge in [0.05, 0.1) is 44.1 Å². The van der Waals surface area contributed by atoms with Crippen LogP contribution in [0.5, 0.6) is 23.0 Å². The van der Waals surface area contributed by atoms with Gasteiger partial charge in [0.15, 0.2) is 28.5 Å². The zero-order chi connectivity index (χ0) is 31.3. The number of Topliss-reactive ketones (excluding diaryl/α,β-unsaturated/α-hetero) is 1. The predicted molar refractivity (Wildman–Crippen MR) is 169 cm³/mol. The van der Waals surface area contributed by atoms with Gasteiger partial charge in [-0.3, -0.25) is 14.6 Å². The first-order valence-electron chi connectivity index (χ1n) is 14.8. The number of aryl methyl sites for hydroxylation is 1. The van der Waals surface area contributed by atoms with Gasteiger partial charge in [0.2, 0.25) is 0 Å². The smallest absolute Gasteiger partial charge is 0.200 e. The molecule has 0 spiro atoms. The molecule has 4 heterocycles. The molecule has 0 bridgehead atoms. The van der Waals surface area contributed by atoms with E-state index < -0.39 is 0 Å². The minimum atomic E-state index is -0.343. The molecule has 2 aromatic carbocycles. The van der Waals surface area contributed by atoms with Crippen molar-refractivity contribution in [3.63, 3.8) is 0 Å². The Balaban J connectivity index is 1.24. The highest BCUT2D eigenvalue weighted by atomic mass is 16.5. The van der Waals surface area contributed by atoms with Crippen molar-refractivity contribution in [2.75, 3.05) is 27.4 Å². The summed E-state index contributed by atoms with van der Waals surface area (Å²) in [6.45, 7) is 4.14. The van der Waals surface area contributed by atoms with Crippen molar-refractivity contribution in [3.8, 4) is 34.1 Å². The minimum absolute atomic E-state index is 0.122. The van der Waals surface area contributed by atoms with E-state index in [4.69, 9.17) is 18.9 Å². The Labute approximate surface area is 260 Å². The summed E-state index contributed by atoms with van der Waals surface area (Å²) in [4.78, 5) is 40.4. The number of rotatable bonds is 10. The molecule has 1 aliphatic heterocycles. The van der Waals surface area contributed by atoms with E-state index in [0.29, 0.717) is 46.5 Å². The number of carbonyl (C=O) groups excluding carboxylic acids is 1. The summed E-state index contributed by atoms with van der Waals surface area (Å²) < 4.78 is 24.4. The lowest BCUT2D eigenvalue weighted by Crippen LogP contribution is -2.25. The summed E-state index contributed by atoms with van der Waals surface area (Å²) >= 11 is 0. The van der Waals surface area contributed by atoms with Crippen LogP contribution in [-0.2, 0) is 17.7 Å². The Morgan fingerprint density at radius 1 is 0.933 bits per heavy atom. The molecule has 10 heteroatoms. The van der Waals surface area contributed by atoms with Gasteiger partial charge in [0.25, 0.3) is 0 Å². The third kappa shape index (κ3) is 6.71. The Kier molecular flexibility index (Phi) is 8.84. The molecule has 0 amide bonds. The molecule has 5 aromatic rings. The van der Waals surface area contributed by atoms with E-state index in [1.807, 2.05) is 42.0 Å². The number of pyridine rings is 2. The van der Waals surface area contributed by atoms with Crippen molar-refractivity contribution in [2.24, 2.45) is 5.92 Å². The minimum Gasteiger partial charge on any atom is -0.493 e. The van der Waals surface area contributed by atoms with Crippen LogP contribution >= 0.6 is 0 Å². The molecular formula is C35H34N4O6. The van der Waals surface area contributed by atoms with Crippen LogP contribution in [0.4, 0.5) is 0 Å². The predicted octanol–water partition coefficient (Wildman–Crippen LogP) is 5.82. The number of benzene rings is 2. The maximum atomic E-state index is 13.6. The SMILES string of the molecule is COc1cc2nccc(Oc3cnc(CC(=O)c4cn(CC5CCOCC5)cc(-c5ccc(C)cc5)c4=O)nc3)c2cc1OC. The molecule has 1 aliphatic rings. The van der Waals surface area contributed by atoms with Crippen molar-refractivity contribution in [1.29, 1.82) is 0 Å². The van der Waals surface area contributed by atoms with E-state index in [0.717, 1.165) is 42.6 Å².